The van der Waals surface area contributed by atoms with Crippen LogP contribution in [0.5, 0.6) is 0 Å². The first-order valence-corrected chi connectivity index (χ1v) is 6.61. The highest BCUT2D eigenvalue weighted by Crippen LogP contribution is 2.16. The molecule has 1 atom stereocenters. The molecule has 0 saturated heterocycles. The van der Waals surface area contributed by atoms with E-state index in [2.05, 4.69) is 28.0 Å². The van der Waals surface area contributed by atoms with Crippen LogP contribution in [0.2, 0.25) is 5.15 Å². The second kappa shape index (κ2) is 6.18. The van der Waals surface area contributed by atoms with E-state index >= 15 is 0 Å². The van der Waals surface area contributed by atoms with Gasteiger partial charge in [-0.3, -0.25) is 0 Å². The maximum absolute atomic E-state index is 5.82. The zero-order valence-corrected chi connectivity index (χ0v) is 10.8. The van der Waals surface area contributed by atoms with Crippen LogP contribution in [0.1, 0.15) is 13.3 Å². The van der Waals surface area contributed by atoms with Crippen molar-refractivity contribution in [3.05, 3.63) is 17.5 Å². The van der Waals surface area contributed by atoms with Crippen molar-refractivity contribution in [1.82, 2.24) is 9.97 Å². The lowest BCUT2D eigenvalue weighted by Crippen LogP contribution is -2.30. The predicted octanol–water partition coefficient (Wildman–Crippen LogP) is 2.71. The van der Waals surface area contributed by atoms with Crippen LogP contribution < -0.4 is 4.90 Å². The summed E-state index contributed by atoms with van der Waals surface area (Å²) in [5.41, 5.74) is 0. The Morgan fingerprint density at radius 3 is 2.87 bits per heavy atom. The molecule has 1 rings (SSSR count). The fourth-order valence-corrected chi connectivity index (χ4v) is 1.94. The van der Waals surface area contributed by atoms with E-state index in [0.717, 1.165) is 18.0 Å². The number of hydrogen-bond acceptors (Lipinski definition) is 4. The average molecular weight is 246 g/mol. The highest BCUT2D eigenvalue weighted by molar-refractivity contribution is 7.98. The molecule has 0 aromatic carbocycles. The molecule has 0 saturated carbocycles. The Morgan fingerprint density at radius 1 is 1.53 bits per heavy atom. The summed E-state index contributed by atoms with van der Waals surface area (Å²) >= 11 is 7.68. The third-order valence-corrected chi connectivity index (χ3v) is 3.23. The smallest absolute Gasteiger partial charge is 0.134 e. The van der Waals surface area contributed by atoms with Gasteiger partial charge in [-0.25, -0.2) is 9.97 Å². The second-order valence-corrected chi connectivity index (χ2v) is 4.81. The number of aromatic nitrogens is 2. The molecule has 0 spiro atoms. The number of thioether (sulfide) groups is 1. The molecule has 1 aromatic heterocycles. The van der Waals surface area contributed by atoms with Crippen LogP contribution in [0.3, 0.4) is 0 Å². The minimum Gasteiger partial charge on any atom is -0.357 e. The minimum atomic E-state index is 0.461. The summed E-state index contributed by atoms with van der Waals surface area (Å²) in [4.78, 5) is 10.2. The molecule has 0 radical (unpaired) electrons. The zero-order chi connectivity index (χ0) is 11.3. The van der Waals surface area contributed by atoms with Gasteiger partial charge in [0.05, 0.1) is 0 Å². The molecule has 0 amide bonds. The van der Waals surface area contributed by atoms with Gasteiger partial charge >= 0.3 is 0 Å². The van der Waals surface area contributed by atoms with Gasteiger partial charge in [0, 0.05) is 19.2 Å². The highest BCUT2D eigenvalue weighted by Gasteiger charge is 2.10. The van der Waals surface area contributed by atoms with Crippen molar-refractivity contribution in [3.8, 4) is 0 Å². The molecule has 1 aromatic rings. The van der Waals surface area contributed by atoms with Crippen molar-refractivity contribution >= 4 is 29.2 Å². The first-order valence-electron chi connectivity index (χ1n) is 4.84. The fourth-order valence-electron chi connectivity index (χ4n) is 1.22. The number of halogens is 1. The third-order valence-electron chi connectivity index (χ3n) is 2.38. The largest absolute Gasteiger partial charge is 0.357 e. The van der Waals surface area contributed by atoms with Crippen LogP contribution >= 0.6 is 23.4 Å². The molecule has 1 heterocycles. The molecule has 0 fully saturated rings. The van der Waals surface area contributed by atoms with E-state index in [1.807, 2.05) is 18.8 Å². The molecule has 1 unspecified atom stereocenters. The first-order chi connectivity index (χ1) is 7.15. The highest BCUT2D eigenvalue weighted by atomic mass is 35.5. The fraction of sp³-hybridized carbons (Fsp3) is 0.600. The number of hydrogen-bond donors (Lipinski definition) is 0. The molecule has 0 bridgehead atoms. The van der Waals surface area contributed by atoms with Crippen LogP contribution in [0.15, 0.2) is 12.4 Å². The van der Waals surface area contributed by atoms with Gasteiger partial charge < -0.3 is 4.90 Å². The van der Waals surface area contributed by atoms with E-state index in [0.29, 0.717) is 11.2 Å². The van der Waals surface area contributed by atoms with Crippen molar-refractivity contribution in [2.24, 2.45) is 0 Å². The summed E-state index contributed by atoms with van der Waals surface area (Å²) in [5.74, 6) is 2.04. The molecule has 5 heteroatoms. The molecular formula is C10H16ClN3S. The summed E-state index contributed by atoms with van der Waals surface area (Å²) in [6.45, 7) is 2.19. The summed E-state index contributed by atoms with van der Waals surface area (Å²) in [6, 6.07) is 2.25. The lowest BCUT2D eigenvalue weighted by Gasteiger charge is -2.25. The summed E-state index contributed by atoms with van der Waals surface area (Å²) < 4.78 is 0. The monoisotopic (exact) mass is 245 g/mol. The summed E-state index contributed by atoms with van der Waals surface area (Å²) in [7, 11) is 2.03. The van der Waals surface area contributed by atoms with Crippen molar-refractivity contribution < 1.29 is 0 Å². The Bertz CT molecular complexity index is 308. The molecule has 0 aliphatic rings. The molecule has 15 heavy (non-hydrogen) atoms. The van der Waals surface area contributed by atoms with Gasteiger partial charge in [-0.1, -0.05) is 11.6 Å². The second-order valence-electron chi connectivity index (χ2n) is 3.44. The Hall–Kier alpha value is -0.480. The van der Waals surface area contributed by atoms with Crippen molar-refractivity contribution in [1.29, 1.82) is 0 Å². The van der Waals surface area contributed by atoms with Crippen LogP contribution in [0.4, 0.5) is 5.82 Å². The predicted molar refractivity (Wildman–Crippen MR) is 67.9 cm³/mol. The van der Waals surface area contributed by atoms with Gasteiger partial charge in [-0.2, -0.15) is 11.8 Å². The molecular weight excluding hydrogens is 230 g/mol. The number of nitrogens with zero attached hydrogens (tertiary/aromatic N) is 3. The Morgan fingerprint density at radius 2 is 2.27 bits per heavy atom. The van der Waals surface area contributed by atoms with E-state index < -0.39 is 0 Å². The number of rotatable bonds is 5. The van der Waals surface area contributed by atoms with Crippen LogP contribution in [0, 0.1) is 0 Å². The molecule has 84 valence electrons. The van der Waals surface area contributed by atoms with E-state index in [4.69, 9.17) is 11.6 Å². The van der Waals surface area contributed by atoms with Gasteiger partial charge in [0.1, 0.15) is 17.3 Å². The van der Waals surface area contributed by atoms with E-state index in [-0.39, 0.29) is 0 Å². The standard InChI is InChI=1S/C10H16ClN3S/c1-8(4-5-15-3)14(2)10-6-9(11)12-7-13-10/h6-8H,4-5H2,1-3H3. The normalized spacial score (nSPS) is 12.5. The maximum atomic E-state index is 5.82. The third kappa shape index (κ3) is 3.87. The van der Waals surface area contributed by atoms with Gasteiger partial charge in [0.25, 0.3) is 0 Å². The Kier molecular flexibility index (Phi) is 5.19. The van der Waals surface area contributed by atoms with Gasteiger partial charge in [0.15, 0.2) is 0 Å². The van der Waals surface area contributed by atoms with Crippen LogP contribution in [-0.4, -0.2) is 35.1 Å². The van der Waals surface area contributed by atoms with E-state index in [1.165, 1.54) is 6.33 Å². The summed E-state index contributed by atoms with van der Waals surface area (Å²) in [5, 5.41) is 0.490. The SMILES string of the molecule is CSCCC(C)N(C)c1cc(Cl)ncn1. The zero-order valence-electron chi connectivity index (χ0n) is 9.27. The van der Waals surface area contributed by atoms with Crippen LogP contribution in [-0.2, 0) is 0 Å². The van der Waals surface area contributed by atoms with Crippen molar-refractivity contribution in [2.75, 3.05) is 24.0 Å². The average Bonchev–Trinajstić information content (AvgIpc) is 2.24. The first kappa shape index (κ1) is 12.6. The van der Waals surface area contributed by atoms with Crippen molar-refractivity contribution in [2.45, 2.75) is 19.4 Å². The minimum absolute atomic E-state index is 0.461. The van der Waals surface area contributed by atoms with Gasteiger partial charge in [-0.15, -0.1) is 0 Å². The van der Waals surface area contributed by atoms with Gasteiger partial charge in [0.2, 0.25) is 0 Å². The van der Waals surface area contributed by atoms with Crippen LogP contribution in [0.25, 0.3) is 0 Å². The van der Waals surface area contributed by atoms with E-state index in [1.54, 1.807) is 6.07 Å². The lowest BCUT2D eigenvalue weighted by atomic mass is 10.2. The molecule has 3 nitrogen and oxygen atoms in total. The quantitative estimate of drug-likeness (QED) is 0.746. The van der Waals surface area contributed by atoms with Crippen molar-refractivity contribution in [3.63, 3.8) is 0 Å². The molecule has 0 aliphatic carbocycles. The lowest BCUT2D eigenvalue weighted by molar-refractivity contribution is 0.661. The maximum Gasteiger partial charge on any atom is 0.134 e. The molecule has 0 N–H and O–H groups in total. The Labute approximate surface area is 100 Å². The van der Waals surface area contributed by atoms with E-state index in [9.17, 15) is 0 Å². The van der Waals surface area contributed by atoms with Gasteiger partial charge in [-0.05, 0) is 25.4 Å². The topological polar surface area (TPSA) is 29.0 Å². The summed E-state index contributed by atoms with van der Waals surface area (Å²) in [6.07, 6.45) is 4.75. The Balaban J connectivity index is 2.62. The molecule has 0 aliphatic heterocycles. The number of anilines is 1.